The first-order valence-corrected chi connectivity index (χ1v) is 10.1. The second kappa shape index (κ2) is 7.64. The summed E-state index contributed by atoms with van der Waals surface area (Å²) >= 11 is 0. The van der Waals surface area contributed by atoms with Crippen molar-refractivity contribution < 1.29 is 9.21 Å². The van der Waals surface area contributed by atoms with Crippen molar-refractivity contribution in [2.75, 3.05) is 46.8 Å². The van der Waals surface area contributed by atoms with Crippen LogP contribution in [0.25, 0.3) is 11.0 Å². The van der Waals surface area contributed by atoms with Gasteiger partial charge in [0.25, 0.3) is 0 Å². The topological polar surface area (TPSA) is 39.9 Å². The second-order valence-corrected chi connectivity index (χ2v) is 8.73. The molecular formula is C22H31N3O2. The van der Waals surface area contributed by atoms with E-state index in [0.29, 0.717) is 12.3 Å². The largest absolute Gasteiger partial charge is 0.464 e. The Morgan fingerprint density at radius 1 is 1.19 bits per heavy atom. The van der Waals surface area contributed by atoms with E-state index in [1.165, 1.54) is 23.8 Å². The lowest BCUT2D eigenvalue weighted by atomic mass is 9.73. The van der Waals surface area contributed by atoms with Crippen LogP contribution in [0.3, 0.4) is 0 Å². The van der Waals surface area contributed by atoms with Crippen molar-refractivity contribution in [3.8, 4) is 0 Å². The summed E-state index contributed by atoms with van der Waals surface area (Å²) in [4.78, 5) is 19.3. The Morgan fingerprint density at radius 2 is 2.07 bits per heavy atom. The summed E-state index contributed by atoms with van der Waals surface area (Å²) < 4.78 is 5.46. The molecule has 5 nitrogen and oxygen atoms in total. The molecule has 2 aliphatic rings. The van der Waals surface area contributed by atoms with Crippen LogP contribution in [0.5, 0.6) is 0 Å². The third kappa shape index (κ3) is 4.19. The van der Waals surface area contributed by atoms with E-state index in [-0.39, 0.29) is 5.41 Å². The minimum atomic E-state index is 0.276. The van der Waals surface area contributed by atoms with Gasteiger partial charge in [0.15, 0.2) is 0 Å². The van der Waals surface area contributed by atoms with E-state index in [0.717, 1.165) is 51.3 Å². The number of amides is 1. The Labute approximate surface area is 161 Å². The Kier molecular flexibility index (Phi) is 5.24. The Morgan fingerprint density at radius 3 is 2.93 bits per heavy atom. The fourth-order valence-electron chi connectivity index (χ4n) is 4.78. The van der Waals surface area contributed by atoms with Crippen LogP contribution in [0.1, 0.15) is 31.2 Å². The average molecular weight is 370 g/mol. The van der Waals surface area contributed by atoms with Gasteiger partial charge in [-0.1, -0.05) is 6.07 Å². The van der Waals surface area contributed by atoms with Crippen molar-refractivity contribution in [2.24, 2.45) is 5.41 Å². The first-order valence-electron chi connectivity index (χ1n) is 10.1. The molecule has 1 unspecified atom stereocenters. The molecule has 0 N–H and O–H groups in total. The van der Waals surface area contributed by atoms with Crippen LogP contribution in [0.15, 0.2) is 34.9 Å². The van der Waals surface area contributed by atoms with Crippen LogP contribution in [0.2, 0.25) is 0 Å². The third-order valence-corrected chi connectivity index (χ3v) is 6.23. The van der Waals surface area contributed by atoms with Gasteiger partial charge in [0.1, 0.15) is 5.58 Å². The second-order valence-electron chi connectivity index (χ2n) is 8.73. The van der Waals surface area contributed by atoms with Crippen molar-refractivity contribution in [3.05, 3.63) is 36.1 Å². The molecule has 1 spiro atoms. The molecule has 0 radical (unpaired) electrons. The smallest absolute Gasteiger partial charge is 0.222 e. The number of carbonyl (C=O) groups excluding carboxylic acids is 1. The molecule has 0 saturated carbocycles. The van der Waals surface area contributed by atoms with Crippen molar-refractivity contribution in [2.45, 2.75) is 32.2 Å². The SMILES string of the molecule is CN(C)CCN1CC2(CCCN(Cc3ccc4occc4c3)C2)CCC1=O. The van der Waals surface area contributed by atoms with E-state index >= 15 is 0 Å². The minimum absolute atomic E-state index is 0.276. The monoisotopic (exact) mass is 369 g/mol. The number of nitrogens with zero attached hydrogens (tertiary/aromatic N) is 3. The molecular weight excluding hydrogens is 338 g/mol. The number of benzene rings is 1. The van der Waals surface area contributed by atoms with Gasteiger partial charge in [-0.2, -0.15) is 0 Å². The molecule has 2 aromatic rings. The van der Waals surface area contributed by atoms with Gasteiger partial charge in [0, 0.05) is 49.9 Å². The van der Waals surface area contributed by atoms with Gasteiger partial charge >= 0.3 is 0 Å². The molecule has 2 saturated heterocycles. The van der Waals surface area contributed by atoms with Gasteiger partial charge in [-0.05, 0) is 63.7 Å². The molecule has 1 aromatic heterocycles. The number of piperidine rings is 2. The number of fused-ring (bicyclic) bond motifs is 1. The maximum absolute atomic E-state index is 12.4. The van der Waals surface area contributed by atoms with Crippen LogP contribution in [-0.4, -0.2) is 67.4 Å². The zero-order chi connectivity index (χ0) is 18.9. The number of rotatable bonds is 5. The molecule has 1 aromatic carbocycles. The van der Waals surface area contributed by atoms with Gasteiger partial charge in [-0.15, -0.1) is 0 Å². The zero-order valence-corrected chi connectivity index (χ0v) is 16.6. The highest BCUT2D eigenvalue weighted by atomic mass is 16.3. The lowest BCUT2D eigenvalue weighted by molar-refractivity contribution is -0.139. The number of furan rings is 1. The van der Waals surface area contributed by atoms with Crippen molar-refractivity contribution in [1.29, 1.82) is 0 Å². The van der Waals surface area contributed by atoms with E-state index in [9.17, 15) is 4.79 Å². The normalized spacial score (nSPS) is 24.4. The van der Waals surface area contributed by atoms with Gasteiger partial charge < -0.3 is 14.2 Å². The summed E-state index contributed by atoms with van der Waals surface area (Å²) in [6.07, 6.45) is 5.98. The molecule has 3 heterocycles. The Bertz CT molecular complexity index is 800. The van der Waals surface area contributed by atoms with E-state index in [1.54, 1.807) is 6.26 Å². The Hall–Kier alpha value is -1.85. The molecule has 2 aliphatic heterocycles. The minimum Gasteiger partial charge on any atom is -0.464 e. The predicted octanol–water partition coefficient (Wildman–Crippen LogP) is 3.20. The van der Waals surface area contributed by atoms with E-state index in [2.05, 4.69) is 47.0 Å². The van der Waals surface area contributed by atoms with Gasteiger partial charge in [-0.25, -0.2) is 0 Å². The van der Waals surface area contributed by atoms with E-state index in [1.807, 2.05) is 6.07 Å². The first kappa shape index (κ1) is 18.5. The highest BCUT2D eigenvalue weighted by Gasteiger charge is 2.41. The number of carbonyl (C=O) groups is 1. The highest BCUT2D eigenvalue weighted by Crippen LogP contribution is 2.39. The molecule has 5 heteroatoms. The summed E-state index contributed by atoms with van der Waals surface area (Å²) in [5.74, 6) is 0.338. The third-order valence-electron chi connectivity index (χ3n) is 6.23. The molecule has 0 bridgehead atoms. The summed E-state index contributed by atoms with van der Waals surface area (Å²) in [5, 5.41) is 1.18. The van der Waals surface area contributed by atoms with Crippen LogP contribution in [0, 0.1) is 5.41 Å². The van der Waals surface area contributed by atoms with Crippen molar-refractivity contribution >= 4 is 16.9 Å². The number of hydrogen-bond acceptors (Lipinski definition) is 4. The molecule has 146 valence electrons. The van der Waals surface area contributed by atoms with Gasteiger partial charge in [0.05, 0.1) is 6.26 Å². The quantitative estimate of drug-likeness (QED) is 0.811. The van der Waals surface area contributed by atoms with E-state index in [4.69, 9.17) is 4.42 Å². The van der Waals surface area contributed by atoms with Crippen LogP contribution in [0.4, 0.5) is 0 Å². The van der Waals surface area contributed by atoms with Gasteiger partial charge in [-0.3, -0.25) is 9.69 Å². The molecule has 4 rings (SSSR count). The fourth-order valence-corrected chi connectivity index (χ4v) is 4.78. The number of likely N-dealkylation sites (tertiary alicyclic amines) is 2. The number of likely N-dealkylation sites (N-methyl/N-ethyl adjacent to an activating group) is 1. The summed E-state index contributed by atoms with van der Waals surface area (Å²) in [6.45, 7) is 5.95. The first-order chi connectivity index (χ1) is 13.0. The van der Waals surface area contributed by atoms with Gasteiger partial charge in [0.2, 0.25) is 5.91 Å². The molecule has 0 aliphatic carbocycles. The molecule has 27 heavy (non-hydrogen) atoms. The summed E-state index contributed by atoms with van der Waals surface area (Å²) in [7, 11) is 4.15. The van der Waals surface area contributed by atoms with E-state index < -0.39 is 0 Å². The average Bonchev–Trinajstić information content (AvgIpc) is 3.11. The maximum Gasteiger partial charge on any atom is 0.222 e. The lowest BCUT2D eigenvalue weighted by Crippen LogP contribution is -2.54. The van der Waals surface area contributed by atoms with Crippen molar-refractivity contribution in [1.82, 2.24) is 14.7 Å². The summed E-state index contributed by atoms with van der Waals surface area (Å²) in [6, 6.07) is 8.54. The Balaban J connectivity index is 1.42. The standard InChI is InChI=1S/C22H31N3O2/c1-23(2)11-12-25-17-22(9-6-21(25)26)8-3-10-24(16-22)15-18-4-5-20-19(14-18)7-13-27-20/h4-5,7,13-14H,3,6,8-12,15-17H2,1-2H3. The summed E-state index contributed by atoms with van der Waals surface area (Å²) in [5.41, 5.74) is 2.58. The number of hydrogen-bond donors (Lipinski definition) is 0. The van der Waals surface area contributed by atoms with Crippen LogP contribution >= 0.6 is 0 Å². The maximum atomic E-state index is 12.4. The van der Waals surface area contributed by atoms with Crippen molar-refractivity contribution in [3.63, 3.8) is 0 Å². The molecule has 1 amide bonds. The zero-order valence-electron chi connectivity index (χ0n) is 16.6. The molecule has 2 fully saturated rings. The fraction of sp³-hybridized carbons (Fsp3) is 0.591. The van der Waals surface area contributed by atoms with Crippen LogP contribution in [-0.2, 0) is 11.3 Å². The molecule has 1 atom stereocenters. The highest BCUT2D eigenvalue weighted by molar-refractivity contribution is 5.78. The lowest BCUT2D eigenvalue weighted by Gasteiger charge is -2.48. The predicted molar refractivity (Wildman–Crippen MR) is 108 cm³/mol. The van der Waals surface area contributed by atoms with Crippen LogP contribution < -0.4 is 0 Å².